The van der Waals surface area contributed by atoms with Crippen LogP contribution in [0, 0.1) is 11.7 Å². The molecule has 4 aromatic rings. The van der Waals surface area contributed by atoms with Gasteiger partial charge in [-0.05, 0) is 74.1 Å². The van der Waals surface area contributed by atoms with Crippen LogP contribution in [0.15, 0.2) is 54.6 Å². The number of carbonyl (C=O) groups is 2. The number of fused-ring (bicyclic) bond motifs is 2. The molecule has 4 heterocycles. The highest BCUT2D eigenvalue weighted by Crippen LogP contribution is 2.40. The summed E-state index contributed by atoms with van der Waals surface area (Å²) in [5, 5.41) is 7.47. The Balaban J connectivity index is 1.19. The fourth-order valence-electron chi connectivity index (χ4n) is 6.39. The minimum Gasteiger partial charge on any atom is -0.371 e. The fraction of sp³-hybridized carbons (Fsp3) is 0.375. The van der Waals surface area contributed by atoms with E-state index in [4.69, 9.17) is 10.1 Å². The normalized spacial score (nSPS) is 20.4. The number of hydrogen-bond acceptors (Lipinski definition) is 5. The average molecular weight is 553 g/mol. The lowest BCUT2D eigenvalue weighted by molar-refractivity contribution is -0.123. The molecule has 2 fully saturated rings. The maximum Gasteiger partial charge on any atom is 0.273 e. The molecule has 2 aromatic heterocycles. The Labute approximate surface area is 238 Å². The largest absolute Gasteiger partial charge is 0.371 e. The molecule has 2 aliphatic heterocycles. The molecule has 2 aromatic carbocycles. The van der Waals surface area contributed by atoms with E-state index in [1.54, 1.807) is 23.7 Å². The Morgan fingerprint density at radius 3 is 2.63 bits per heavy atom. The number of hydrogen-bond donors (Lipinski definition) is 1. The molecule has 3 aliphatic rings. The molecule has 7 rings (SSSR count). The molecular weight excluding hydrogens is 519 g/mol. The first-order valence-corrected chi connectivity index (χ1v) is 14.5. The molecule has 1 unspecified atom stereocenters. The van der Waals surface area contributed by atoms with Crippen LogP contribution in [-0.4, -0.2) is 58.0 Å². The molecule has 0 spiro atoms. The lowest BCUT2D eigenvalue weighted by Gasteiger charge is -2.35. The molecule has 1 N–H and O–H groups in total. The predicted molar refractivity (Wildman–Crippen MR) is 154 cm³/mol. The van der Waals surface area contributed by atoms with Crippen molar-refractivity contribution in [1.82, 2.24) is 24.8 Å². The maximum atomic E-state index is 15.5. The van der Waals surface area contributed by atoms with Gasteiger partial charge in [0.15, 0.2) is 0 Å². The van der Waals surface area contributed by atoms with Gasteiger partial charge >= 0.3 is 0 Å². The summed E-state index contributed by atoms with van der Waals surface area (Å²) in [5.41, 5.74) is 5.28. The van der Waals surface area contributed by atoms with Crippen molar-refractivity contribution in [3.8, 4) is 11.3 Å². The van der Waals surface area contributed by atoms with Crippen LogP contribution in [-0.2, 0) is 11.2 Å². The molecular formula is C32H33FN6O2. The molecule has 8 nitrogen and oxygen atoms in total. The zero-order chi connectivity index (χ0) is 28.2. The van der Waals surface area contributed by atoms with E-state index in [0.717, 1.165) is 42.7 Å². The second-order valence-corrected chi connectivity index (χ2v) is 11.5. The Morgan fingerprint density at radius 1 is 1.02 bits per heavy atom. The number of nitrogens with zero attached hydrogens (tertiary/aromatic N) is 5. The third-order valence-electron chi connectivity index (χ3n) is 8.89. The van der Waals surface area contributed by atoms with Gasteiger partial charge in [-0.25, -0.2) is 13.9 Å². The molecule has 0 bridgehead atoms. The Hall–Kier alpha value is -4.27. The van der Waals surface area contributed by atoms with Gasteiger partial charge < -0.3 is 15.1 Å². The van der Waals surface area contributed by atoms with Crippen molar-refractivity contribution in [2.24, 2.45) is 5.92 Å². The van der Waals surface area contributed by atoms with Crippen LogP contribution in [0.3, 0.4) is 0 Å². The summed E-state index contributed by atoms with van der Waals surface area (Å²) in [6, 6.07) is 17.0. The lowest BCUT2D eigenvalue weighted by atomic mass is 9.93. The van der Waals surface area contributed by atoms with E-state index in [9.17, 15) is 9.59 Å². The number of carbonyl (C=O) groups excluding carboxylic acids is 2. The van der Waals surface area contributed by atoms with E-state index in [1.165, 1.54) is 17.2 Å². The molecule has 2 atom stereocenters. The van der Waals surface area contributed by atoms with Gasteiger partial charge in [0.05, 0.1) is 23.2 Å². The van der Waals surface area contributed by atoms with Crippen molar-refractivity contribution in [2.45, 2.75) is 44.6 Å². The standard InChI is InChI=1S/C32H33FN6O2/c1-19-25-6-4-3-5-20(25)12-14-38(19)32(41)29-17-24-16-28(36-39(24)30(35-29)21-7-8-21)26-10-9-23(15-27(26)33)37-13-11-22(18-37)31(40)34-2/h3-6,9-10,15-17,19,21-22H,7-8,11-14,18H2,1-2H3,(H,34,40)/t19-,22?/m1/s1. The SMILES string of the molecule is CNC(=O)C1CCN(c2ccc(-c3cc4cc(C(=O)N5CCc6ccccc6[C@H]5C)nc(C5CC5)n4n3)c(F)c2)C1. The van der Waals surface area contributed by atoms with E-state index in [-0.39, 0.29) is 35.5 Å². The van der Waals surface area contributed by atoms with Crippen molar-refractivity contribution >= 4 is 23.0 Å². The van der Waals surface area contributed by atoms with E-state index in [1.807, 2.05) is 34.1 Å². The number of amides is 2. The smallest absolute Gasteiger partial charge is 0.273 e. The molecule has 2 amide bonds. The summed E-state index contributed by atoms with van der Waals surface area (Å²) >= 11 is 0. The van der Waals surface area contributed by atoms with Crippen LogP contribution in [0.5, 0.6) is 0 Å². The van der Waals surface area contributed by atoms with Gasteiger partial charge in [-0.1, -0.05) is 24.3 Å². The molecule has 1 aliphatic carbocycles. The molecule has 1 saturated carbocycles. The summed E-state index contributed by atoms with van der Waals surface area (Å²) in [7, 11) is 1.64. The van der Waals surface area contributed by atoms with E-state index in [0.29, 0.717) is 36.6 Å². The molecule has 9 heteroatoms. The number of halogens is 1. The molecule has 41 heavy (non-hydrogen) atoms. The number of aromatic nitrogens is 3. The van der Waals surface area contributed by atoms with Gasteiger partial charge in [-0.15, -0.1) is 0 Å². The van der Waals surface area contributed by atoms with Crippen molar-refractivity contribution in [3.63, 3.8) is 0 Å². The van der Waals surface area contributed by atoms with Crippen LogP contribution in [0.1, 0.15) is 65.6 Å². The summed E-state index contributed by atoms with van der Waals surface area (Å²) in [6.45, 7) is 3.99. The van der Waals surface area contributed by atoms with Crippen molar-refractivity contribution in [3.05, 3.63) is 83.1 Å². The van der Waals surface area contributed by atoms with E-state index >= 15 is 4.39 Å². The topological polar surface area (TPSA) is 82.8 Å². The van der Waals surface area contributed by atoms with Gasteiger partial charge in [0.2, 0.25) is 5.91 Å². The van der Waals surface area contributed by atoms with Crippen molar-refractivity contribution in [2.75, 3.05) is 31.6 Å². The zero-order valence-corrected chi connectivity index (χ0v) is 23.3. The average Bonchev–Trinajstić information content (AvgIpc) is 3.55. The summed E-state index contributed by atoms with van der Waals surface area (Å²) in [6.07, 6.45) is 3.56. The summed E-state index contributed by atoms with van der Waals surface area (Å²) in [5.74, 6) is 0.480. The highest BCUT2D eigenvalue weighted by molar-refractivity contribution is 5.94. The lowest BCUT2D eigenvalue weighted by Crippen LogP contribution is -2.39. The number of rotatable bonds is 5. The third-order valence-corrected chi connectivity index (χ3v) is 8.89. The Morgan fingerprint density at radius 2 is 1.85 bits per heavy atom. The predicted octanol–water partition coefficient (Wildman–Crippen LogP) is 4.74. The third kappa shape index (κ3) is 4.53. The minimum atomic E-state index is -0.368. The second kappa shape index (κ2) is 9.98. The molecule has 210 valence electrons. The van der Waals surface area contributed by atoms with Gasteiger partial charge in [0.1, 0.15) is 17.3 Å². The van der Waals surface area contributed by atoms with E-state index in [2.05, 4.69) is 24.4 Å². The first-order valence-electron chi connectivity index (χ1n) is 14.5. The monoisotopic (exact) mass is 552 g/mol. The quantitative estimate of drug-likeness (QED) is 0.387. The van der Waals surface area contributed by atoms with Gasteiger partial charge in [0, 0.05) is 43.9 Å². The van der Waals surface area contributed by atoms with Gasteiger partial charge in [0.25, 0.3) is 5.91 Å². The van der Waals surface area contributed by atoms with Crippen LogP contribution in [0.25, 0.3) is 16.8 Å². The first-order chi connectivity index (χ1) is 19.9. The highest BCUT2D eigenvalue weighted by Gasteiger charge is 2.33. The molecule has 0 radical (unpaired) electrons. The number of anilines is 1. The fourth-order valence-corrected chi connectivity index (χ4v) is 6.39. The number of nitrogens with one attached hydrogen (secondary N) is 1. The summed E-state index contributed by atoms with van der Waals surface area (Å²) < 4.78 is 17.3. The van der Waals surface area contributed by atoms with E-state index < -0.39 is 0 Å². The zero-order valence-electron chi connectivity index (χ0n) is 23.3. The van der Waals surface area contributed by atoms with Crippen LogP contribution in [0.4, 0.5) is 10.1 Å². The maximum absolute atomic E-state index is 15.5. The van der Waals surface area contributed by atoms with Gasteiger partial charge in [-0.2, -0.15) is 5.10 Å². The van der Waals surface area contributed by atoms with Crippen molar-refractivity contribution in [1.29, 1.82) is 0 Å². The van der Waals surface area contributed by atoms with Crippen molar-refractivity contribution < 1.29 is 14.0 Å². The van der Waals surface area contributed by atoms with Crippen LogP contribution < -0.4 is 10.2 Å². The highest BCUT2D eigenvalue weighted by atomic mass is 19.1. The summed E-state index contributed by atoms with van der Waals surface area (Å²) in [4.78, 5) is 34.6. The first kappa shape index (κ1) is 25.7. The Kier molecular flexibility index (Phi) is 6.25. The number of benzene rings is 2. The van der Waals surface area contributed by atoms with Crippen LogP contribution in [0.2, 0.25) is 0 Å². The molecule has 1 saturated heterocycles. The van der Waals surface area contributed by atoms with Gasteiger partial charge in [-0.3, -0.25) is 9.59 Å². The Bertz CT molecular complexity index is 1680. The second-order valence-electron chi connectivity index (χ2n) is 11.5. The minimum absolute atomic E-state index is 0.0202. The van der Waals surface area contributed by atoms with Crippen LogP contribution >= 0.6 is 0 Å².